The first kappa shape index (κ1) is 11.4. The van der Waals surface area contributed by atoms with Crippen molar-refractivity contribution in [3.05, 3.63) is 0 Å². The van der Waals surface area contributed by atoms with Crippen molar-refractivity contribution in [2.45, 2.75) is 45.4 Å². The molecule has 2 aliphatic rings. The van der Waals surface area contributed by atoms with E-state index in [-0.39, 0.29) is 11.8 Å². The van der Waals surface area contributed by atoms with E-state index in [1.54, 1.807) is 0 Å². The molecule has 0 spiro atoms. The zero-order valence-electron chi connectivity index (χ0n) is 10.3. The fraction of sp³-hybridized carbons (Fsp3) is 1.00. The van der Waals surface area contributed by atoms with Gasteiger partial charge < -0.3 is 9.64 Å². The number of likely N-dealkylation sites (tertiary alicyclic amines) is 1. The first-order chi connectivity index (χ1) is 7.11. The Kier molecular flexibility index (Phi) is 3.33. The van der Waals surface area contributed by atoms with Crippen LogP contribution in [0.25, 0.3) is 0 Å². The lowest BCUT2D eigenvalue weighted by molar-refractivity contribution is -0.0564. The summed E-state index contributed by atoms with van der Waals surface area (Å²) in [5.74, 6) is 0.681. The number of hydrogen-bond donors (Lipinski definition) is 1. The number of nitrogens with one attached hydrogen (secondary N) is 1. The number of nitrogens with zero attached hydrogens (tertiary/aromatic N) is 1. The lowest BCUT2D eigenvalue weighted by atomic mass is 9.96. The quantitative estimate of drug-likeness (QED) is 0.749. The van der Waals surface area contributed by atoms with Gasteiger partial charge in [0, 0.05) is 19.0 Å². The molecule has 2 unspecified atom stereocenters. The Bertz CT molecular complexity index is 218. The Morgan fingerprint density at radius 1 is 1.47 bits per heavy atom. The first-order valence-electron chi connectivity index (χ1n) is 6.24. The van der Waals surface area contributed by atoms with Gasteiger partial charge in [0.1, 0.15) is 6.23 Å². The Hall–Kier alpha value is -0.120. The van der Waals surface area contributed by atoms with Gasteiger partial charge in [-0.3, -0.25) is 5.32 Å². The maximum Gasteiger partial charge on any atom is 0.113 e. The van der Waals surface area contributed by atoms with Gasteiger partial charge in [-0.05, 0) is 39.8 Å². The Balaban J connectivity index is 1.88. The fourth-order valence-electron chi connectivity index (χ4n) is 2.66. The maximum absolute atomic E-state index is 6.04. The number of ether oxygens (including phenoxy) is 1. The molecule has 3 heteroatoms. The largest absolute Gasteiger partial charge is 0.356 e. The smallest absolute Gasteiger partial charge is 0.113 e. The molecule has 0 aliphatic carbocycles. The fourth-order valence-corrected chi connectivity index (χ4v) is 2.66. The third kappa shape index (κ3) is 2.71. The predicted octanol–water partition coefficient (Wildman–Crippen LogP) is 1.44. The molecule has 0 aromatic carbocycles. The molecule has 2 rings (SSSR count). The monoisotopic (exact) mass is 212 g/mol. The minimum absolute atomic E-state index is 0.0269. The molecular formula is C12H24N2O. The van der Waals surface area contributed by atoms with Gasteiger partial charge >= 0.3 is 0 Å². The van der Waals surface area contributed by atoms with E-state index >= 15 is 0 Å². The number of piperidine rings is 1. The van der Waals surface area contributed by atoms with Crippen molar-refractivity contribution in [1.29, 1.82) is 0 Å². The van der Waals surface area contributed by atoms with E-state index in [1.807, 2.05) is 0 Å². The van der Waals surface area contributed by atoms with E-state index in [4.69, 9.17) is 4.74 Å². The molecule has 3 nitrogen and oxygen atoms in total. The van der Waals surface area contributed by atoms with E-state index in [0.29, 0.717) is 5.92 Å². The highest BCUT2D eigenvalue weighted by molar-refractivity contribution is 4.87. The van der Waals surface area contributed by atoms with Crippen LogP contribution in [0.15, 0.2) is 0 Å². The van der Waals surface area contributed by atoms with Crippen molar-refractivity contribution in [1.82, 2.24) is 10.2 Å². The molecule has 0 aromatic heterocycles. The van der Waals surface area contributed by atoms with Crippen molar-refractivity contribution in [3.8, 4) is 0 Å². The minimum atomic E-state index is 0.0269. The summed E-state index contributed by atoms with van der Waals surface area (Å²) >= 11 is 0. The second-order valence-electron chi connectivity index (χ2n) is 5.47. The Labute approximate surface area is 93.2 Å². The topological polar surface area (TPSA) is 24.5 Å². The van der Waals surface area contributed by atoms with Crippen molar-refractivity contribution in [2.75, 3.05) is 26.2 Å². The Morgan fingerprint density at radius 2 is 2.27 bits per heavy atom. The van der Waals surface area contributed by atoms with E-state index in [9.17, 15) is 0 Å². The standard InChI is InChI=1S/C12H24N2O/c1-4-14-7-5-6-10(8-14)11-13-9-12(2,3)15-11/h10-11,13H,4-9H2,1-3H3. The van der Waals surface area contributed by atoms with Gasteiger partial charge in [-0.1, -0.05) is 6.92 Å². The van der Waals surface area contributed by atoms with Gasteiger partial charge in [-0.15, -0.1) is 0 Å². The lowest BCUT2D eigenvalue weighted by Crippen LogP contribution is -2.44. The lowest BCUT2D eigenvalue weighted by Gasteiger charge is -2.35. The number of rotatable bonds is 2. The molecule has 0 amide bonds. The zero-order chi connectivity index (χ0) is 10.9. The molecule has 0 bridgehead atoms. The second-order valence-corrected chi connectivity index (χ2v) is 5.47. The van der Waals surface area contributed by atoms with Crippen molar-refractivity contribution >= 4 is 0 Å². The molecule has 2 fully saturated rings. The average Bonchev–Trinajstić information content (AvgIpc) is 2.59. The van der Waals surface area contributed by atoms with Crippen LogP contribution in [-0.2, 0) is 4.74 Å². The van der Waals surface area contributed by atoms with Gasteiger partial charge in [0.2, 0.25) is 0 Å². The molecule has 2 heterocycles. The average molecular weight is 212 g/mol. The predicted molar refractivity (Wildman–Crippen MR) is 61.8 cm³/mol. The van der Waals surface area contributed by atoms with Crippen LogP contribution in [0.5, 0.6) is 0 Å². The third-order valence-electron chi connectivity index (χ3n) is 3.59. The normalized spacial score (nSPS) is 37.0. The molecular weight excluding hydrogens is 188 g/mol. The summed E-state index contributed by atoms with van der Waals surface area (Å²) in [6.07, 6.45) is 2.92. The molecule has 0 saturated carbocycles. The molecule has 15 heavy (non-hydrogen) atoms. The van der Waals surface area contributed by atoms with Crippen LogP contribution < -0.4 is 5.32 Å². The van der Waals surface area contributed by atoms with Crippen molar-refractivity contribution in [2.24, 2.45) is 5.92 Å². The highest BCUT2D eigenvalue weighted by atomic mass is 16.5. The van der Waals surface area contributed by atoms with Crippen LogP contribution in [-0.4, -0.2) is 42.9 Å². The van der Waals surface area contributed by atoms with Crippen LogP contribution in [0, 0.1) is 5.92 Å². The molecule has 1 N–H and O–H groups in total. The van der Waals surface area contributed by atoms with Crippen LogP contribution >= 0.6 is 0 Å². The van der Waals surface area contributed by atoms with Gasteiger partial charge in [0.05, 0.1) is 5.60 Å². The SMILES string of the molecule is CCN1CCCC(C2NCC(C)(C)O2)C1. The molecule has 2 atom stereocenters. The summed E-state index contributed by atoms with van der Waals surface area (Å²) in [7, 11) is 0. The molecule has 88 valence electrons. The third-order valence-corrected chi connectivity index (χ3v) is 3.59. The van der Waals surface area contributed by atoms with E-state index in [0.717, 1.165) is 6.54 Å². The summed E-state index contributed by atoms with van der Waals surface area (Å²) in [5, 5.41) is 3.51. The first-order valence-corrected chi connectivity index (χ1v) is 6.24. The summed E-state index contributed by atoms with van der Waals surface area (Å²) in [6, 6.07) is 0. The van der Waals surface area contributed by atoms with E-state index in [1.165, 1.54) is 32.5 Å². The highest BCUT2D eigenvalue weighted by Gasteiger charge is 2.37. The van der Waals surface area contributed by atoms with E-state index < -0.39 is 0 Å². The van der Waals surface area contributed by atoms with Crippen molar-refractivity contribution in [3.63, 3.8) is 0 Å². The molecule has 2 saturated heterocycles. The van der Waals surface area contributed by atoms with Gasteiger partial charge in [0.15, 0.2) is 0 Å². The summed E-state index contributed by atoms with van der Waals surface area (Å²) < 4.78 is 6.04. The van der Waals surface area contributed by atoms with Crippen LogP contribution in [0.3, 0.4) is 0 Å². The molecule has 0 aromatic rings. The second kappa shape index (κ2) is 4.40. The van der Waals surface area contributed by atoms with Crippen molar-refractivity contribution < 1.29 is 4.74 Å². The Morgan fingerprint density at radius 3 is 2.87 bits per heavy atom. The summed E-state index contributed by atoms with van der Waals surface area (Å²) in [4.78, 5) is 2.53. The zero-order valence-corrected chi connectivity index (χ0v) is 10.3. The molecule has 0 radical (unpaired) electrons. The van der Waals surface area contributed by atoms with Gasteiger partial charge in [0.25, 0.3) is 0 Å². The van der Waals surface area contributed by atoms with E-state index in [2.05, 4.69) is 31.0 Å². The maximum atomic E-state index is 6.04. The van der Waals surface area contributed by atoms with Crippen LogP contribution in [0.2, 0.25) is 0 Å². The summed E-state index contributed by atoms with van der Waals surface area (Å²) in [5.41, 5.74) is 0.0269. The number of hydrogen-bond acceptors (Lipinski definition) is 3. The molecule has 2 aliphatic heterocycles. The summed E-state index contributed by atoms with van der Waals surface area (Å²) in [6.45, 7) is 11.2. The van der Waals surface area contributed by atoms with Gasteiger partial charge in [-0.25, -0.2) is 0 Å². The van der Waals surface area contributed by atoms with Gasteiger partial charge in [-0.2, -0.15) is 0 Å². The minimum Gasteiger partial charge on any atom is -0.356 e. The highest BCUT2D eigenvalue weighted by Crippen LogP contribution is 2.27. The van der Waals surface area contributed by atoms with Crippen LogP contribution in [0.4, 0.5) is 0 Å². The van der Waals surface area contributed by atoms with Crippen LogP contribution in [0.1, 0.15) is 33.6 Å².